The molecular weight excluding hydrogens is 389 g/mol. The molecule has 8 heteroatoms. The minimum absolute atomic E-state index is 0.00592. The number of primary sulfonamides is 1. The fourth-order valence-corrected chi connectivity index (χ4v) is 4.16. The Labute approximate surface area is 160 Å². The van der Waals surface area contributed by atoms with E-state index in [-0.39, 0.29) is 10.3 Å². The largest absolute Gasteiger partial charge is 0.417 e. The van der Waals surface area contributed by atoms with Crippen molar-refractivity contribution < 1.29 is 21.6 Å². The number of halogens is 3. The SMILES string of the molecule is NS(=O)(=O)c1ccc(C2=CC3(C=C2c2ccc(C(F)(F)F)cn2)CCC3)cc1. The van der Waals surface area contributed by atoms with Gasteiger partial charge < -0.3 is 0 Å². The zero-order valence-corrected chi connectivity index (χ0v) is 15.5. The van der Waals surface area contributed by atoms with Crippen LogP contribution in [0.1, 0.15) is 36.1 Å². The summed E-state index contributed by atoms with van der Waals surface area (Å²) in [5, 5.41) is 5.15. The van der Waals surface area contributed by atoms with E-state index in [0.29, 0.717) is 5.69 Å². The second-order valence-electron chi connectivity index (χ2n) is 7.20. The molecule has 4 nitrogen and oxygen atoms in total. The highest BCUT2D eigenvalue weighted by Crippen LogP contribution is 2.53. The second-order valence-corrected chi connectivity index (χ2v) is 8.76. The van der Waals surface area contributed by atoms with Gasteiger partial charge in [0.15, 0.2) is 0 Å². The van der Waals surface area contributed by atoms with Gasteiger partial charge in [-0.25, -0.2) is 13.6 Å². The van der Waals surface area contributed by atoms with Crippen LogP contribution in [0.25, 0.3) is 11.1 Å². The summed E-state index contributed by atoms with van der Waals surface area (Å²) < 4.78 is 61.4. The Hall–Kier alpha value is -2.45. The topological polar surface area (TPSA) is 73.1 Å². The van der Waals surface area contributed by atoms with E-state index in [2.05, 4.69) is 17.1 Å². The Kier molecular flexibility index (Phi) is 4.24. The molecule has 1 spiro atoms. The van der Waals surface area contributed by atoms with Crippen LogP contribution in [0, 0.1) is 5.41 Å². The number of pyridine rings is 1. The third-order valence-corrected chi connectivity index (χ3v) is 6.23. The number of benzene rings is 1. The fourth-order valence-electron chi connectivity index (χ4n) is 3.64. The normalized spacial score (nSPS) is 18.6. The molecule has 4 rings (SSSR count). The van der Waals surface area contributed by atoms with Crippen LogP contribution in [0.15, 0.2) is 59.6 Å². The third-order valence-electron chi connectivity index (χ3n) is 5.30. The van der Waals surface area contributed by atoms with Gasteiger partial charge in [0.05, 0.1) is 16.2 Å². The Bertz CT molecular complexity index is 1080. The first kappa shape index (κ1) is 18.9. The minimum atomic E-state index is -4.44. The van der Waals surface area contributed by atoms with E-state index < -0.39 is 21.8 Å². The maximum Gasteiger partial charge on any atom is 0.417 e. The average Bonchev–Trinajstić information content (AvgIpc) is 3.02. The van der Waals surface area contributed by atoms with Crippen molar-refractivity contribution in [2.24, 2.45) is 10.6 Å². The molecule has 1 heterocycles. The molecule has 28 heavy (non-hydrogen) atoms. The summed E-state index contributed by atoms with van der Waals surface area (Å²) in [6, 6.07) is 8.56. The van der Waals surface area contributed by atoms with Gasteiger partial charge in [-0.15, -0.1) is 0 Å². The summed E-state index contributed by atoms with van der Waals surface area (Å²) in [7, 11) is -3.80. The summed E-state index contributed by atoms with van der Waals surface area (Å²) in [4.78, 5) is 4.04. The van der Waals surface area contributed by atoms with Crippen molar-refractivity contribution in [3.8, 4) is 0 Å². The van der Waals surface area contributed by atoms with Crippen molar-refractivity contribution in [2.75, 3.05) is 0 Å². The van der Waals surface area contributed by atoms with Crippen LogP contribution in [0.2, 0.25) is 0 Å². The number of nitrogens with zero attached hydrogens (tertiary/aromatic N) is 1. The first-order valence-electron chi connectivity index (χ1n) is 8.70. The fraction of sp³-hybridized carbons (Fsp3) is 0.250. The molecule has 2 N–H and O–H groups in total. The monoisotopic (exact) mass is 406 g/mol. The first-order valence-corrected chi connectivity index (χ1v) is 10.3. The molecule has 0 atom stereocenters. The molecule has 2 aliphatic rings. The Balaban J connectivity index is 1.74. The molecule has 1 fully saturated rings. The molecule has 1 aromatic carbocycles. The Morgan fingerprint density at radius 1 is 0.964 bits per heavy atom. The van der Waals surface area contributed by atoms with E-state index >= 15 is 0 Å². The number of allylic oxidation sites excluding steroid dienone is 4. The number of aromatic nitrogens is 1. The van der Waals surface area contributed by atoms with Crippen LogP contribution in [0.5, 0.6) is 0 Å². The van der Waals surface area contributed by atoms with Crippen LogP contribution in [-0.4, -0.2) is 13.4 Å². The smallest absolute Gasteiger partial charge is 0.256 e. The van der Waals surface area contributed by atoms with E-state index in [1.807, 2.05) is 0 Å². The van der Waals surface area contributed by atoms with Gasteiger partial charge in [0.1, 0.15) is 0 Å². The van der Waals surface area contributed by atoms with Gasteiger partial charge in [0, 0.05) is 17.2 Å². The Morgan fingerprint density at radius 2 is 1.61 bits per heavy atom. The predicted octanol–water partition coefficient (Wildman–Crippen LogP) is 4.40. The standard InChI is InChI=1S/C20H17F3N2O2S/c21-20(22,23)14-4-7-18(25-12-14)17-11-19(8-1-9-19)10-16(17)13-2-5-15(6-3-13)28(24,26)27/h2-7,10-12H,1,8-9H2,(H2,24,26,27). The first-order chi connectivity index (χ1) is 13.1. The molecule has 2 aromatic rings. The average molecular weight is 406 g/mol. The number of hydrogen-bond acceptors (Lipinski definition) is 3. The maximum atomic E-state index is 12.8. The van der Waals surface area contributed by atoms with Crippen molar-refractivity contribution in [3.05, 3.63) is 71.6 Å². The van der Waals surface area contributed by atoms with Crippen molar-refractivity contribution >= 4 is 21.2 Å². The zero-order valence-electron chi connectivity index (χ0n) is 14.7. The lowest BCUT2D eigenvalue weighted by atomic mass is 9.70. The second kappa shape index (κ2) is 6.28. The van der Waals surface area contributed by atoms with E-state index in [9.17, 15) is 21.6 Å². The number of nitrogens with two attached hydrogens (primary N) is 1. The highest BCUT2D eigenvalue weighted by molar-refractivity contribution is 7.89. The summed E-state index contributed by atoms with van der Waals surface area (Å²) >= 11 is 0. The van der Waals surface area contributed by atoms with Gasteiger partial charge in [-0.3, -0.25) is 4.98 Å². The molecule has 0 unspecified atom stereocenters. The van der Waals surface area contributed by atoms with Crippen LogP contribution in [0.3, 0.4) is 0 Å². The van der Waals surface area contributed by atoms with Gasteiger partial charge in [0.2, 0.25) is 10.0 Å². The lowest BCUT2D eigenvalue weighted by Crippen LogP contribution is -2.22. The highest BCUT2D eigenvalue weighted by atomic mass is 32.2. The van der Waals surface area contributed by atoms with E-state index in [1.54, 1.807) is 12.1 Å². The van der Waals surface area contributed by atoms with Crippen LogP contribution < -0.4 is 5.14 Å². The van der Waals surface area contributed by atoms with Crippen molar-refractivity contribution in [1.29, 1.82) is 0 Å². The molecular formula is C20H17F3N2O2S. The van der Waals surface area contributed by atoms with E-state index in [4.69, 9.17) is 5.14 Å². The van der Waals surface area contributed by atoms with Gasteiger partial charge in [-0.2, -0.15) is 13.2 Å². The van der Waals surface area contributed by atoms with Crippen molar-refractivity contribution in [3.63, 3.8) is 0 Å². The summed E-state index contributed by atoms with van der Waals surface area (Å²) in [5.74, 6) is 0. The van der Waals surface area contributed by atoms with Crippen LogP contribution >= 0.6 is 0 Å². The van der Waals surface area contributed by atoms with Crippen LogP contribution in [0.4, 0.5) is 13.2 Å². The molecule has 0 aliphatic heterocycles. The molecule has 2 aliphatic carbocycles. The van der Waals surface area contributed by atoms with Gasteiger partial charge in [0.25, 0.3) is 0 Å². The summed E-state index contributed by atoms with van der Waals surface area (Å²) in [6.45, 7) is 0. The number of alkyl halides is 3. The molecule has 0 radical (unpaired) electrons. The number of sulfonamides is 1. The van der Waals surface area contributed by atoms with Crippen LogP contribution in [-0.2, 0) is 16.2 Å². The molecule has 0 saturated heterocycles. The zero-order chi connectivity index (χ0) is 20.2. The summed E-state index contributed by atoms with van der Waals surface area (Å²) in [5.41, 5.74) is 1.93. The highest BCUT2D eigenvalue weighted by Gasteiger charge is 2.39. The molecule has 0 bridgehead atoms. The predicted molar refractivity (Wildman–Crippen MR) is 99.3 cm³/mol. The van der Waals surface area contributed by atoms with E-state index in [0.717, 1.165) is 48.2 Å². The minimum Gasteiger partial charge on any atom is -0.256 e. The van der Waals surface area contributed by atoms with Crippen molar-refractivity contribution in [2.45, 2.75) is 30.3 Å². The molecule has 1 aromatic heterocycles. The van der Waals surface area contributed by atoms with Gasteiger partial charge in [-0.1, -0.05) is 30.7 Å². The molecule has 146 valence electrons. The third kappa shape index (κ3) is 3.38. The Morgan fingerprint density at radius 3 is 2.07 bits per heavy atom. The quantitative estimate of drug-likeness (QED) is 0.821. The van der Waals surface area contributed by atoms with Gasteiger partial charge in [-0.05, 0) is 48.2 Å². The maximum absolute atomic E-state index is 12.8. The molecule has 0 amide bonds. The lowest BCUT2D eigenvalue weighted by Gasteiger charge is -2.34. The summed E-state index contributed by atoms with van der Waals surface area (Å²) in [6.07, 6.45) is 3.59. The van der Waals surface area contributed by atoms with Gasteiger partial charge >= 0.3 is 6.18 Å². The number of hydrogen-bond donors (Lipinski definition) is 1. The van der Waals surface area contributed by atoms with Crippen molar-refractivity contribution in [1.82, 2.24) is 4.98 Å². The lowest BCUT2D eigenvalue weighted by molar-refractivity contribution is -0.137. The number of rotatable bonds is 3. The molecule has 1 saturated carbocycles. The van der Waals surface area contributed by atoms with E-state index in [1.165, 1.54) is 18.2 Å².